The van der Waals surface area contributed by atoms with Gasteiger partial charge in [-0.2, -0.15) is 0 Å². The van der Waals surface area contributed by atoms with E-state index in [0.717, 1.165) is 30.6 Å². The minimum absolute atomic E-state index is 0.348. The van der Waals surface area contributed by atoms with Gasteiger partial charge in [0, 0.05) is 51.2 Å². The van der Waals surface area contributed by atoms with Crippen LogP contribution >= 0.6 is 0 Å². The predicted octanol–water partition coefficient (Wildman–Crippen LogP) is 2.60. The van der Waals surface area contributed by atoms with Crippen molar-refractivity contribution in [2.75, 3.05) is 53.2 Å². The lowest BCUT2D eigenvalue weighted by atomic mass is 9.77. The van der Waals surface area contributed by atoms with Crippen LogP contribution in [0.2, 0.25) is 0 Å². The molecule has 3 aliphatic heterocycles. The van der Waals surface area contributed by atoms with E-state index in [2.05, 4.69) is 21.9 Å². The summed E-state index contributed by atoms with van der Waals surface area (Å²) in [5.41, 5.74) is 1.74. The quantitative estimate of drug-likeness (QED) is 0.781. The van der Waals surface area contributed by atoms with Gasteiger partial charge in [0.25, 0.3) is 0 Å². The Kier molecular flexibility index (Phi) is 4.34. The molecule has 5 heteroatoms. The van der Waals surface area contributed by atoms with Crippen LogP contribution in [0.5, 0.6) is 11.5 Å². The Bertz CT molecular complexity index is 663. The Balaban J connectivity index is 1.25. The smallest absolute Gasteiger partial charge is 0.231 e. The molecule has 0 N–H and O–H groups in total. The van der Waals surface area contributed by atoms with Crippen LogP contribution in [0.15, 0.2) is 18.2 Å². The summed E-state index contributed by atoms with van der Waals surface area (Å²) in [4.78, 5) is 5.35. The van der Waals surface area contributed by atoms with Crippen LogP contribution in [0.4, 0.5) is 0 Å². The van der Waals surface area contributed by atoms with Gasteiger partial charge in [0.1, 0.15) is 0 Å². The fourth-order valence-electron chi connectivity index (χ4n) is 5.26. The van der Waals surface area contributed by atoms with Gasteiger partial charge in [0.15, 0.2) is 11.5 Å². The molecule has 1 spiro atoms. The summed E-state index contributed by atoms with van der Waals surface area (Å²) in [5.74, 6) is 3.41. The van der Waals surface area contributed by atoms with E-state index in [1.165, 1.54) is 57.5 Å². The first kappa shape index (κ1) is 16.8. The molecule has 3 heterocycles. The van der Waals surface area contributed by atoms with Crippen LogP contribution in [-0.4, -0.2) is 63.0 Å². The first-order valence-electron chi connectivity index (χ1n) is 10.1. The summed E-state index contributed by atoms with van der Waals surface area (Å²) in [7, 11) is 1.86. The average Bonchev–Trinajstić information content (AvgIpc) is 3.04. The molecule has 1 aliphatic carbocycles. The molecule has 0 amide bonds. The number of nitrogens with zero attached hydrogens (tertiary/aromatic N) is 2. The lowest BCUT2D eigenvalue weighted by Crippen LogP contribution is -2.36. The molecule has 4 aliphatic rings. The first-order chi connectivity index (χ1) is 12.7. The molecule has 5 nitrogen and oxygen atoms in total. The van der Waals surface area contributed by atoms with Crippen LogP contribution in [0.1, 0.15) is 24.8 Å². The van der Waals surface area contributed by atoms with Gasteiger partial charge in [-0.05, 0) is 49.4 Å². The lowest BCUT2D eigenvalue weighted by molar-refractivity contribution is 0.0959. The van der Waals surface area contributed by atoms with Gasteiger partial charge in [0.2, 0.25) is 6.79 Å². The van der Waals surface area contributed by atoms with E-state index in [4.69, 9.17) is 14.2 Å². The van der Waals surface area contributed by atoms with Gasteiger partial charge in [-0.15, -0.1) is 0 Å². The van der Waals surface area contributed by atoms with Gasteiger partial charge in [-0.25, -0.2) is 0 Å². The molecular weight excluding hydrogens is 328 g/mol. The number of likely N-dealkylation sites (tertiary alicyclic amines) is 2. The Morgan fingerprint density at radius 3 is 2.85 bits per heavy atom. The molecule has 2 saturated heterocycles. The lowest BCUT2D eigenvalue weighted by Gasteiger charge is -2.30. The van der Waals surface area contributed by atoms with Crippen LogP contribution in [0.25, 0.3) is 0 Å². The summed E-state index contributed by atoms with van der Waals surface area (Å²) in [5, 5.41) is 0. The third-order valence-electron chi connectivity index (χ3n) is 6.77. The van der Waals surface area contributed by atoms with E-state index in [-0.39, 0.29) is 0 Å². The monoisotopic (exact) mass is 358 g/mol. The van der Waals surface area contributed by atoms with Crippen molar-refractivity contribution in [3.63, 3.8) is 0 Å². The van der Waals surface area contributed by atoms with Crippen molar-refractivity contribution in [2.45, 2.75) is 25.8 Å². The van der Waals surface area contributed by atoms with E-state index >= 15 is 0 Å². The number of fused-ring (bicyclic) bond motifs is 1. The van der Waals surface area contributed by atoms with E-state index in [0.29, 0.717) is 18.1 Å². The molecule has 0 aromatic heterocycles. The van der Waals surface area contributed by atoms with Crippen molar-refractivity contribution in [3.8, 4) is 11.5 Å². The molecule has 1 aromatic carbocycles. The predicted molar refractivity (Wildman–Crippen MR) is 99.4 cm³/mol. The average molecular weight is 358 g/mol. The Labute approximate surface area is 156 Å². The molecule has 3 fully saturated rings. The highest BCUT2D eigenvalue weighted by Gasteiger charge is 2.50. The van der Waals surface area contributed by atoms with Gasteiger partial charge >= 0.3 is 0 Å². The molecule has 1 aromatic rings. The van der Waals surface area contributed by atoms with Crippen LogP contribution in [0, 0.1) is 17.3 Å². The molecule has 0 radical (unpaired) electrons. The zero-order valence-electron chi connectivity index (χ0n) is 15.8. The molecule has 26 heavy (non-hydrogen) atoms. The maximum atomic E-state index is 5.61. The number of rotatable bonds is 6. The second kappa shape index (κ2) is 6.70. The highest BCUT2D eigenvalue weighted by Crippen LogP contribution is 2.45. The van der Waals surface area contributed by atoms with Crippen molar-refractivity contribution < 1.29 is 14.2 Å². The summed E-state index contributed by atoms with van der Waals surface area (Å²) in [6.45, 7) is 8.42. The van der Waals surface area contributed by atoms with E-state index in [1.54, 1.807) is 0 Å². The van der Waals surface area contributed by atoms with E-state index < -0.39 is 0 Å². The minimum atomic E-state index is 0.348. The normalized spacial score (nSPS) is 31.3. The molecule has 142 valence electrons. The summed E-state index contributed by atoms with van der Waals surface area (Å²) in [6, 6.07) is 6.37. The van der Waals surface area contributed by atoms with Gasteiger partial charge < -0.3 is 19.1 Å². The van der Waals surface area contributed by atoms with Crippen LogP contribution in [-0.2, 0) is 11.3 Å². The van der Waals surface area contributed by atoms with E-state index in [1.807, 2.05) is 13.2 Å². The molecule has 2 atom stereocenters. The first-order valence-corrected chi connectivity index (χ1v) is 10.1. The summed E-state index contributed by atoms with van der Waals surface area (Å²) in [6.07, 6.45) is 4.18. The van der Waals surface area contributed by atoms with Crippen LogP contribution in [0.3, 0.4) is 0 Å². The fourth-order valence-corrected chi connectivity index (χ4v) is 5.26. The van der Waals surface area contributed by atoms with Crippen LogP contribution < -0.4 is 9.47 Å². The van der Waals surface area contributed by atoms with Gasteiger partial charge in [0.05, 0.1) is 6.61 Å². The largest absolute Gasteiger partial charge is 0.454 e. The maximum Gasteiger partial charge on any atom is 0.231 e. The number of hydrogen-bond donors (Lipinski definition) is 0. The SMILES string of the molecule is COC[C@@H]1CN(CC2CC2)C[C@]12CCN(Cc1ccc3c(c1)OCO3)C2. The van der Waals surface area contributed by atoms with E-state index in [9.17, 15) is 0 Å². The maximum absolute atomic E-state index is 5.61. The Morgan fingerprint density at radius 2 is 2.00 bits per heavy atom. The Hall–Kier alpha value is -1.30. The van der Waals surface area contributed by atoms with Gasteiger partial charge in [-0.3, -0.25) is 4.90 Å². The molecule has 0 unspecified atom stereocenters. The second-order valence-corrected chi connectivity index (χ2v) is 8.80. The third kappa shape index (κ3) is 3.21. The minimum Gasteiger partial charge on any atom is -0.454 e. The van der Waals surface area contributed by atoms with Crippen molar-refractivity contribution in [3.05, 3.63) is 23.8 Å². The molecule has 1 saturated carbocycles. The Morgan fingerprint density at radius 1 is 1.15 bits per heavy atom. The topological polar surface area (TPSA) is 34.2 Å². The van der Waals surface area contributed by atoms with Crippen molar-refractivity contribution in [1.82, 2.24) is 9.80 Å². The highest BCUT2D eigenvalue weighted by molar-refractivity contribution is 5.44. The zero-order chi connectivity index (χ0) is 17.6. The zero-order valence-corrected chi connectivity index (χ0v) is 15.8. The standard InChI is InChI=1S/C21H30N2O3/c1-24-12-18-11-23(9-16-2-3-16)14-21(18)6-7-22(13-21)10-17-4-5-19-20(8-17)26-15-25-19/h4-5,8,16,18H,2-3,6-7,9-15H2,1H3/t18-,21+/m0/s1. The van der Waals surface area contributed by atoms with Crippen molar-refractivity contribution in [2.24, 2.45) is 17.3 Å². The number of benzene rings is 1. The third-order valence-corrected chi connectivity index (χ3v) is 6.77. The fraction of sp³-hybridized carbons (Fsp3) is 0.714. The van der Waals surface area contributed by atoms with Gasteiger partial charge in [-0.1, -0.05) is 6.07 Å². The highest BCUT2D eigenvalue weighted by atomic mass is 16.7. The summed E-state index contributed by atoms with van der Waals surface area (Å²) < 4.78 is 16.6. The number of hydrogen-bond acceptors (Lipinski definition) is 5. The number of methoxy groups -OCH3 is 1. The molecule has 5 rings (SSSR count). The second-order valence-electron chi connectivity index (χ2n) is 8.80. The molecular formula is C21H30N2O3. The number of ether oxygens (including phenoxy) is 3. The summed E-state index contributed by atoms with van der Waals surface area (Å²) >= 11 is 0. The van der Waals surface area contributed by atoms with Crippen molar-refractivity contribution >= 4 is 0 Å². The van der Waals surface area contributed by atoms with Crippen molar-refractivity contribution in [1.29, 1.82) is 0 Å². The molecule has 0 bridgehead atoms.